The Kier molecular flexibility index (Phi) is 12.5. The van der Waals surface area contributed by atoms with E-state index in [9.17, 15) is 4.79 Å². The van der Waals surface area contributed by atoms with Crippen LogP contribution in [0.1, 0.15) is 76.2 Å². The molecule has 0 N–H and O–H groups in total. The van der Waals surface area contributed by atoms with Crippen molar-refractivity contribution in [3.63, 3.8) is 0 Å². The van der Waals surface area contributed by atoms with Crippen molar-refractivity contribution in [2.24, 2.45) is 17.8 Å². The van der Waals surface area contributed by atoms with Gasteiger partial charge in [-0.2, -0.15) is 0 Å². The van der Waals surface area contributed by atoms with Gasteiger partial charge in [0.25, 0.3) is 14.3 Å². The molecular weight excluding hydrogens is 400 g/mol. The quantitative estimate of drug-likeness (QED) is 0.293. The summed E-state index contributed by atoms with van der Waals surface area (Å²) >= 11 is 0. The summed E-state index contributed by atoms with van der Waals surface area (Å²) in [5.74, 6) is 0.543. The summed E-state index contributed by atoms with van der Waals surface area (Å²) < 4.78 is 24.4. The van der Waals surface area contributed by atoms with E-state index in [0.29, 0.717) is 37.7 Å². The zero-order valence-electron chi connectivity index (χ0n) is 21.0. The average molecular weight is 449 g/mol. The van der Waals surface area contributed by atoms with E-state index in [0.717, 1.165) is 12.1 Å². The highest BCUT2D eigenvalue weighted by atomic mass is 28.4. The van der Waals surface area contributed by atoms with Crippen LogP contribution in [-0.4, -0.2) is 42.9 Å². The maximum absolute atomic E-state index is 13.3. The van der Waals surface area contributed by atoms with Crippen molar-refractivity contribution in [3.8, 4) is 0 Å². The van der Waals surface area contributed by atoms with Crippen LogP contribution in [-0.2, 0) is 22.5 Å². The van der Waals surface area contributed by atoms with E-state index in [-0.39, 0.29) is 16.9 Å². The Bertz CT molecular complexity index is 447. The largest absolute Gasteiger partial charge is 0.518 e. The van der Waals surface area contributed by atoms with Gasteiger partial charge in [-0.05, 0) is 49.7 Å². The van der Waals surface area contributed by atoms with Crippen LogP contribution in [0.5, 0.6) is 0 Å². The molecule has 0 rings (SSSR count). The van der Waals surface area contributed by atoms with Gasteiger partial charge >= 0.3 is 8.80 Å². The van der Waals surface area contributed by atoms with Crippen LogP contribution < -0.4 is 0 Å². The monoisotopic (exact) mass is 448 g/mol. The number of carbonyl (C=O) groups excluding carboxylic acids is 1. The normalized spacial score (nSPS) is 14.5. The first kappa shape index (κ1) is 28.8. The third kappa shape index (κ3) is 9.21. The van der Waals surface area contributed by atoms with Gasteiger partial charge in [0.05, 0.1) is 5.92 Å². The summed E-state index contributed by atoms with van der Waals surface area (Å²) in [6, 6.07) is 2.43. The Balaban J connectivity index is 5.71. The maximum Gasteiger partial charge on any atom is 0.501 e. The highest BCUT2D eigenvalue weighted by Gasteiger charge is 2.51. The first-order chi connectivity index (χ1) is 13.3. The van der Waals surface area contributed by atoms with Crippen molar-refractivity contribution in [1.82, 2.24) is 0 Å². The summed E-state index contributed by atoms with van der Waals surface area (Å²) in [7, 11) is -5.23. The molecule has 1 unspecified atom stereocenters. The molecular formula is C22H48O5Si2. The lowest BCUT2D eigenvalue weighted by Crippen LogP contribution is -2.52. The molecule has 0 spiro atoms. The number of rotatable bonds is 14. The Morgan fingerprint density at radius 3 is 1.41 bits per heavy atom. The Hall–Kier alpha value is -0.216. The van der Waals surface area contributed by atoms with Crippen LogP contribution in [0, 0.1) is 17.8 Å². The molecule has 0 aromatic carbocycles. The second kappa shape index (κ2) is 12.6. The van der Waals surface area contributed by atoms with Gasteiger partial charge in [0.1, 0.15) is 0 Å². The van der Waals surface area contributed by atoms with Gasteiger partial charge in [-0.25, -0.2) is 0 Å². The van der Waals surface area contributed by atoms with Crippen molar-refractivity contribution in [1.29, 1.82) is 0 Å². The minimum atomic E-state index is -2.89. The van der Waals surface area contributed by atoms with Gasteiger partial charge in [0.2, 0.25) is 0 Å². The van der Waals surface area contributed by atoms with E-state index in [1.807, 2.05) is 27.7 Å². The van der Waals surface area contributed by atoms with Crippen LogP contribution in [0.2, 0.25) is 23.2 Å². The lowest BCUT2D eigenvalue weighted by Gasteiger charge is -2.44. The number of hydrogen-bond donors (Lipinski definition) is 0. The SMILES string of the molecule is CCO[Si](CC(C)C(=O)O[Si](CC(C)C)(CC(C)C)C(C)(C)C)(OCC)OCC. The summed E-state index contributed by atoms with van der Waals surface area (Å²) in [5, 5.41) is -0.0226. The molecule has 5 nitrogen and oxygen atoms in total. The van der Waals surface area contributed by atoms with Gasteiger partial charge in [-0.3, -0.25) is 4.79 Å². The van der Waals surface area contributed by atoms with Crippen molar-refractivity contribution in [2.75, 3.05) is 19.8 Å². The lowest BCUT2D eigenvalue weighted by molar-refractivity contribution is -0.139. The highest BCUT2D eigenvalue weighted by molar-refractivity contribution is 6.78. The second-order valence-electron chi connectivity index (χ2n) is 9.95. The maximum atomic E-state index is 13.3. The topological polar surface area (TPSA) is 54.0 Å². The first-order valence-electron chi connectivity index (χ1n) is 11.4. The average Bonchev–Trinajstić information content (AvgIpc) is 2.52. The van der Waals surface area contributed by atoms with Crippen LogP contribution >= 0.6 is 0 Å². The third-order valence-corrected chi connectivity index (χ3v) is 14.8. The van der Waals surface area contributed by atoms with Gasteiger partial charge in [0.15, 0.2) is 0 Å². The van der Waals surface area contributed by atoms with Crippen LogP contribution in [0.25, 0.3) is 0 Å². The minimum absolute atomic E-state index is 0.0226. The standard InChI is InChI=1S/C22H48O5Si2/c1-12-24-29(25-13-2,26-14-3)17-20(8)21(23)27-28(15-18(4)5,16-19(6)7)22(9,10)11/h18-20H,12-17H2,1-11H3. The fourth-order valence-electron chi connectivity index (χ4n) is 3.96. The molecule has 0 radical (unpaired) electrons. The van der Waals surface area contributed by atoms with Gasteiger partial charge < -0.3 is 17.7 Å². The number of carbonyl (C=O) groups is 1. The van der Waals surface area contributed by atoms with Gasteiger partial charge in [-0.1, -0.05) is 55.4 Å². The Morgan fingerprint density at radius 2 is 1.14 bits per heavy atom. The summed E-state index contributed by atoms with van der Waals surface area (Å²) in [4.78, 5) is 13.3. The molecule has 29 heavy (non-hydrogen) atoms. The summed E-state index contributed by atoms with van der Waals surface area (Å²) in [6.07, 6.45) is 0. The lowest BCUT2D eigenvalue weighted by atomic mass is 10.2. The third-order valence-electron chi connectivity index (χ3n) is 5.19. The second-order valence-corrected chi connectivity index (χ2v) is 17.1. The van der Waals surface area contributed by atoms with Crippen molar-refractivity contribution in [3.05, 3.63) is 0 Å². The molecule has 0 amide bonds. The molecule has 0 aromatic heterocycles. The fraction of sp³-hybridized carbons (Fsp3) is 0.955. The smallest absolute Gasteiger partial charge is 0.501 e. The molecule has 0 heterocycles. The van der Waals surface area contributed by atoms with E-state index in [1.165, 1.54) is 0 Å². The molecule has 0 saturated carbocycles. The van der Waals surface area contributed by atoms with E-state index in [4.69, 9.17) is 17.7 Å². The molecule has 0 aliphatic carbocycles. The zero-order chi connectivity index (χ0) is 22.9. The number of hydrogen-bond acceptors (Lipinski definition) is 5. The van der Waals surface area contributed by atoms with E-state index in [1.54, 1.807) is 0 Å². The Labute approximate surface area is 182 Å². The van der Waals surface area contributed by atoms with Gasteiger partial charge in [-0.15, -0.1) is 0 Å². The molecule has 0 saturated heterocycles. The van der Waals surface area contributed by atoms with Crippen molar-refractivity contribution in [2.45, 2.75) is 99.3 Å². The molecule has 0 fully saturated rings. The molecule has 0 bridgehead atoms. The van der Waals surface area contributed by atoms with E-state index in [2.05, 4.69) is 48.5 Å². The van der Waals surface area contributed by atoms with Crippen LogP contribution in [0.3, 0.4) is 0 Å². The predicted molar refractivity (Wildman–Crippen MR) is 125 cm³/mol. The van der Waals surface area contributed by atoms with Crippen molar-refractivity contribution >= 4 is 23.1 Å². The summed E-state index contributed by atoms with van der Waals surface area (Å²) in [6.45, 7) is 24.9. The van der Waals surface area contributed by atoms with E-state index >= 15 is 0 Å². The molecule has 7 heteroatoms. The van der Waals surface area contributed by atoms with E-state index < -0.39 is 17.1 Å². The zero-order valence-corrected chi connectivity index (χ0v) is 23.0. The predicted octanol–water partition coefficient (Wildman–Crippen LogP) is 6.27. The van der Waals surface area contributed by atoms with Crippen LogP contribution in [0.15, 0.2) is 0 Å². The molecule has 1 atom stereocenters. The molecule has 174 valence electrons. The highest BCUT2D eigenvalue weighted by Crippen LogP contribution is 2.46. The Morgan fingerprint density at radius 1 is 0.759 bits per heavy atom. The van der Waals surface area contributed by atoms with Gasteiger partial charge in [0, 0.05) is 25.9 Å². The fourth-order valence-corrected chi connectivity index (χ4v) is 11.9. The molecule has 0 aliphatic heterocycles. The first-order valence-corrected chi connectivity index (χ1v) is 15.7. The molecule has 0 aliphatic rings. The minimum Gasteiger partial charge on any atom is -0.518 e. The van der Waals surface area contributed by atoms with Crippen LogP contribution in [0.4, 0.5) is 0 Å². The van der Waals surface area contributed by atoms with Crippen molar-refractivity contribution < 1.29 is 22.5 Å². The summed E-state index contributed by atoms with van der Waals surface area (Å²) in [5.41, 5.74) is 0. The molecule has 0 aromatic rings.